The maximum atomic E-state index is 15.3. The van der Waals surface area contributed by atoms with E-state index in [-0.39, 0.29) is 47.4 Å². The summed E-state index contributed by atoms with van der Waals surface area (Å²) < 4.78 is 61.6. The minimum Gasteiger partial charge on any atom is -0.465 e. The predicted octanol–water partition coefficient (Wildman–Crippen LogP) is 4.75. The zero-order valence-electron chi connectivity index (χ0n) is 19.6. The van der Waals surface area contributed by atoms with Crippen molar-refractivity contribution in [2.75, 3.05) is 44.7 Å². The maximum Gasteiger partial charge on any atom is 0.417 e. The van der Waals surface area contributed by atoms with Crippen molar-refractivity contribution in [3.8, 4) is 6.01 Å². The first kappa shape index (κ1) is 25.2. The van der Waals surface area contributed by atoms with E-state index in [9.17, 15) is 23.1 Å². The van der Waals surface area contributed by atoms with Crippen LogP contribution in [0.2, 0.25) is 0 Å². The number of fused-ring (bicyclic) bond motifs is 2. The number of benzene rings is 1. The van der Waals surface area contributed by atoms with E-state index in [0.717, 1.165) is 44.8 Å². The average molecular weight is 576 g/mol. The van der Waals surface area contributed by atoms with E-state index in [2.05, 4.69) is 30.8 Å². The number of nitrogens with zero attached hydrogens (tertiary/aromatic N) is 5. The molecule has 1 amide bonds. The van der Waals surface area contributed by atoms with Crippen LogP contribution in [0, 0.1) is 5.82 Å². The molecular weight excluding hydrogens is 550 g/mol. The molecule has 3 saturated heterocycles. The van der Waals surface area contributed by atoms with E-state index in [0.29, 0.717) is 13.0 Å². The highest BCUT2D eigenvalue weighted by atomic mass is 79.9. The van der Waals surface area contributed by atoms with E-state index in [1.807, 2.05) is 0 Å². The highest BCUT2D eigenvalue weighted by Gasteiger charge is 2.45. The Hall–Kier alpha value is -2.41. The summed E-state index contributed by atoms with van der Waals surface area (Å²) in [7, 11) is 1.61. The molecule has 5 rings (SSSR count). The SMILES string of the molecule is CN(c1nc(OCC23CCCN2CCC3)nc2c(F)c(Br)c(C(F)(F)F)cc12)[C@@H]1CCN(C(=O)O)C1. The van der Waals surface area contributed by atoms with Crippen molar-refractivity contribution >= 4 is 38.7 Å². The molecule has 0 spiro atoms. The Morgan fingerprint density at radius 1 is 1.28 bits per heavy atom. The summed E-state index contributed by atoms with van der Waals surface area (Å²) in [6.45, 7) is 2.71. The van der Waals surface area contributed by atoms with Crippen molar-refractivity contribution in [2.45, 2.75) is 49.9 Å². The second-order valence-corrected chi connectivity index (χ2v) is 10.6. The second-order valence-electron chi connectivity index (χ2n) is 9.76. The van der Waals surface area contributed by atoms with Crippen molar-refractivity contribution in [1.29, 1.82) is 0 Å². The van der Waals surface area contributed by atoms with Gasteiger partial charge in [0.2, 0.25) is 0 Å². The van der Waals surface area contributed by atoms with Crippen LogP contribution in [0.1, 0.15) is 37.7 Å². The third kappa shape index (κ3) is 4.33. The Morgan fingerprint density at radius 3 is 2.58 bits per heavy atom. The Kier molecular flexibility index (Phi) is 6.42. The first-order chi connectivity index (χ1) is 17.0. The smallest absolute Gasteiger partial charge is 0.417 e. The van der Waals surface area contributed by atoms with Crippen molar-refractivity contribution in [2.24, 2.45) is 0 Å². The molecule has 13 heteroatoms. The van der Waals surface area contributed by atoms with Crippen molar-refractivity contribution in [3.05, 3.63) is 21.9 Å². The standard InChI is InChI=1S/C23H26BrF4N5O3/c1-31(13-4-9-32(11-13)21(34)35)19-14-10-15(23(26,27)28)16(24)17(25)18(14)29-20(30-19)36-12-22-5-2-7-33(22)8-3-6-22/h10,13H,2-9,11-12H2,1H3,(H,34,35)/t13-/m1/s1. The summed E-state index contributed by atoms with van der Waals surface area (Å²) >= 11 is 2.75. The molecule has 0 bridgehead atoms. The van der Waals surface area contributed by atoms with Crippen molar-refractivity contribution in [3.63, 3.8) is 0 Å². The van der Waals surface area contributed by atoms with E-state index < -0.39 is 28.1 Å². The maximum absolute atomic E-state index is 15.3. The molecule has 0 radical (unpaired) electrons. The number of carboxylic acid groups (broad SMARTS) is 1. The van der Waals surface area contributed by atoms with Crippen LogP contribution in [0.25, 0.3) is 10.9 Å². The van der Waals surface area contributed by atoms with Crippen LogP contribution in [-0.4, -0.2) is 82.4 Å². The molecule has 1 N–H and O–H groups in total. The van der Waals surface area contributed by atoms with Crippen LogP contribution in [0.4, 0.5) is 28.2 Å². The lowest BCUT2D eigenvalue weighted by Gasteiger charge is -2.31. The van der Waals surface area contributed by atoms with E-state index in [1.54, 1.807) is 11.9 Å². The molecule has 0 aliphatic carbocycles. The molecule has 8 nitrogen and oxygen atoms in total. The molecule has 2 aromatic rings. The van der Waals surface area contributed by atoms with Gasteiger partial charge in [-0.25, -0.2) is 9.18 Å². The Bertz CT molecular complexity index is 1190. The van der Waals surface area contributed by atoms with E-state index >= 15 is 4.39 Å². The number of likely N-dealkylation sites (N-methyl/N-ethyl adjacent to an activating group) is 1. The van der Waals surface area contributed by atoms with Crippen LogP contribution in [-0.2, 0) is 6.18 Å². The quantitative estimate of drug-likeness (QED) is 0.515. The van der Waals surface area contributed by atoms with Gasteiger partial charge in [-0.05, 0) is 67.2 Å². The van der Waals surface area contributed by atoms with Crippen molar-refractivity contribution in [1.82, 2.24) is 19.8 Å². The van der Waals surface area contributed by atoms with Crippen molar-refractivity contribution < 1.29 is 32.2 Å². The minimum absolute atomic E-state index is 0.0661. The number of carbonyl (C=O) groups is 1. The van der Waals surface area contributed by atoms with Gasteiger partial charge in [0.05, 0.1) is 15.6 Å². The number of hydrogen-bond donors (Lipinski definition) is 1. The van der Waals surface area contributed by atoms with Crippen LogP contribution < -0.4 is 9.64 Å². The largest absolute Gasteiger partial charge is 0.465 e. The Balaban J connectivity index is 1.56. The van der Waals surface area contributed by atoms with Gasteiger partial charge in [0.15, 0.2) is 5.82 Å². The first-order valence-electron chi connectivity index (χ1n) is 11.9. The number of ether oxygens (including phenoxy) is 1. The number of anilines is 1. The lowest BCUT2D eigenvalue weighted by Crippen LogP contribution is -2.43. The summed E-state index contributed by atoms with van der Waals surface area (Å²) in [5.41, 5.74) is -1.59. The lowest BCUT2D eigenvalue weighted by atomic mass is 9.95. The van der Waals surface area contributed by atoms with Gasteiger partial charge < -0.3 is 19.6 Å². The molecule has 4 heterocycles. The topological polar surface area (TPSA) is 82.0 Å². The fourth-order valence-electron chi connectivity index (χ4n) is 5.77. The molecule has 1 aromatic heterocycles. The minimum atomic E-state index is -4.81. The van der Waals surface area contributed by atoms with E-state index in [4.69, 9.17) is 4.74 Å². The molecular formula is C23H26BrF4N5O3. The predicted molar refractivity (Wildman–Crippen MR) is 127 cm³/mol. The molecule has 1 aromatic carbocycles. The van der Waals surface area contributed by atoms with Gasteiger partial charge in [-0.15, -0.1) is 0 Å². The van der Waals surface area contributed by atoms with Gasteiger partial charge in [-0.1, -0.05) is 0 Å². The lowest BCUT2D eigenvalue weighted by molar-refractivity contribution is -0.138. The fourth-order valence-corrected chi connectivity index (χ4v) is 6.30. The number of hydrogen-bond acceptors (Lipinski definition) is 6. The summed E-state index contributed by atoms with van der Waals surface area (Å²) in [5.74, 6) is -1.09. The highest BCUT2D eigenvalue weighted by molar-refractivity contribution is 9.10. The summed E-state index contributed by atoms with van der Waals surface area (Å²) in [6.07, 6.45) is -1.38. The monoisotopic (exact) mass is 575 g/mol. The highest BCUT2D eigenvalue weighted by Crippen LogP contribution is 2.42. The Labute approximate surface area is 213 Å². The molecule has 3 aliphatic heterocycles. The van der Waals surface area contributed by atoms with Crippen LogP contribution in [0.3, 0.4) is 0 Å². The third-order valence-corrected chi connectivity index (χ3v) is 8.51. The number of alkyl halides is 3. The number of amides is 1. The van der Waals surface area contributed by atoms with Crippen LogP contribution in [0.15, 0.2) is 10.5 Å². The van der Waals surface area contributed by atoms with Gasteiger partial charge in [0.25, 0.3) is 0 Å². The molecule has 3 aliphatic rings. The molecule has 36 heavy (non-hydrogen) atoms. The summed E-state index contributed by atoms with van der Waals surface area (Å²) in [5, 5.41) is 9.20. The zero-order chi connectivity index (χ0) is 25.8. The molecule has 196 valence electrons. The van der Waals surface area contributed by atoms with Gasteiger partial charge in [0.1, 0.15) is 17.9 Å². The molecule has 0 unspecified atom stereocenters. The normalized spacial score (nSPS) is 21.8. The van der Waals surface area contributed by atoms with Gasteiger partial charge in [-0.3, -0.25) is 4.90 Å². The van der Waals surface area contributed by atoms with Gasteiger partial charge in [0, 0.05) is 31.6 Å². The second kappa shape index (κ2) is 9.16. The molecule has 3 fully saturated rings. The Morgan fingerprint density at radius 2 is 1.97 bits per heavy atom. The summed E-state index contributed by atoms with van der Waals surface area (Å²) in [6, 6.07) is 0.360. The number of aromatic nitrogens is 2. The average Bonchev–Trinajstić information content (AvgIpc) is 3.54. The number of rotatable bonds is 5. The van der Waals surface area contributed by atoms with E-state index in [1.165, 1.54) is 4.90 Å². The van der Waals surface area contributed by atoms with Gasteiger partial charge in [-0.2, -0.15) is 23.1 Å². The number of halogens is 5. The van der Waals surface area contributed by atoms with Crippen LogP contribution in [0.5, 0.6) is 6.01 Å². The molecule has 1 atom stereocenters. The third-order valence-electron chi connectivity index (χ3n) is 7.73. The first-order valence-corrected chi connectivity index (χ1v) is 12.6. The fraction of sp³-hybridized carbons (Fsp3) is 0.609. The van der Waals surface area contributed by atoms with Crippen LogP contribution >= 0.6 is 15.9 Å². The molecule has 0 saturated carbocycles. The number of likely N-dealkylation sites (tertiary alicyclic amines) is 1. The summed E-state index contributed by atoms with van der Waals surface area (Å²) in [4.78, 5) is 25.2. The van der Waals surface area contributed by atoms with Gasteiger partial charge >= 0.3 is 18.3 Å². The zero-order valence-corrected chi connectivity index (χ0v) is 21.2.